The third-order valence-electron chi connectivity index (χ3n) is 4.85. The molecule has 26 heavy (non-hydrogen) atoms. The molecule has 1 amide bonds. The van der Waals surface area contributed by atoms with Crippen molar-refractivity contribution in [2.75, 3.05) is 31.5 Å². The van der Waals surface area contributed by atoms with Crippen LogP contribution in [-0.2, 0) is 4.79 Å². The number of nitrogens with one attached hydrogen (secondary N) is 1. The number of amides is 1. The molecule has 0 aromatic heterocycles. The van der Waals surface area contributed by atoms with Crippen molar-refractivity contribution in [2.24, 2.45) is 11.7 Å². The van der Waals surface area contributed by atoms with Gasteiger partial charge in [0.05, 0.1) is 5.69 Å². The van der Waals surface area contributed by atoms with Crippen molar-refractivity contribution in [3.63, 3.8) is 0 Å². The van der Waals surface area contributed by atoms with E-state index in [-0.39, 0.29) is 24.0 Å². The summed E-state index contributed by atoms with van der Waals surface area (Å²) in [5.74, 6) is 0.222. The first-order valence-corrected chi connectivity index (χ1v) is 8.69. The minimum absolute atomic E-state index is 0. The molecular formula is C20H25ClFN3O. The normalized spacial score (nSPS) is 19.8. The van der Waals surface area contributed by atoms with E-state index in [2.05, 4.69) is 22.3 Å². The minimum atomic E-state index is -0.413. The maximum absolute atomic E-state index is 13.6. The van der Waals surface area contributed by atoms with E-state index in [1.54, 1.807) is 18.2 Å². The van der Waals surface area contributed by atoms with Crippen LogP contribution in [0.4, 0.5) is 10.1 Å². The van der Waals surface area contributed by atoms with E-state index in [1.165, 1.54) is 11.6 Å². The predicted octanol–water partition coefficient (Wildman–Crippen LogP) is 3.25. The van der Waals surface area contributed by atoms with Crippen molar-refractivity contribution >= 4 is 24.0 Å². The van der Waals surface area contributed by atoms with Crippen molar-refractivity contribution in [1.29, 1.82) is 0 Å². The molecule has 1 heterocycles. The molecule has 1 aliphatic rings. The number of hydrogen-bond donors (Lipinski definition) is 2. The van der Waals surface area contributed by atoms with Crippen LogP contribution in [-0.4, -0.2) is 37.0 Å². The molecule has 1 saturated heterocycles. The van der Waals surface area contributed by atoms with E-state index >= 15 is 0 Å². The standard InChI is InChI=1S/C20H24FN3O.ClH/c21-18-8-4-5-9-19(18)23-20(25)10-11-24-13-16(12-22)17(14-24)15-6-2-1-3-7-15;/h1-9,16-17H,10-14,22H2,(H,23,25);1H/t16-,17+;/m1./s1. The summed E-state index contributed by atoms with van der Waals surface area (Å²) in [5, 5.41) is 2.64. The number of anilines is 1. The number of nitrogens with zero attached hydrogens (tertiary/aromatic N) is 1. The lowest BCUT2D eigenvalue weighted by Crippen LogP contribution is -2.27. The van der Waals surface area contributed by atoms with Gasteiger partial charge in [-0.25, -0.2) is 4.39 Å². The number of nitrogens with two attached hydrogens (primary N) is 1. The molecule has 2 aromatic carbocycles. The van der Waals surface area contributed by atoms with Gasteiger partial charge in [0.25, 0.3) is 0 Å². The second kappa shape index (κ2) is 9.67. The fraction of sp³-hybridized carbons (Fsp3) is 0.350. The van der Waals surface area contributed by atoms with E-state index in [9.17, 15) is 9.18 Å². The van der Waals surface area contributed by atoms with Crippen molar-refractivity contribution in [2.45, 2.75) is 12.3 Å². The molecule has 1 fully saturated rings. The Bertz CT molecular complexity index is 713. The van der Waals surface area contributed by atoms with E-state index in [1.807, 2.05) is 18.2 Å². The Labute approximate surface area is 160 Å². The molecule has 4 nitrogen and oxygen atoms in total. The molecule has 0 unspecified atom stereocenters. The van der Waals surface area contributed by atoms with E-state index in [0.717, 1.165) is 13.1 Å². The fourth-order valence-corrected chi connectivity index (χ4v) is 3.49. The zero-order chi connectivity index (χ0) is 17.6. The molecule has 0 bridgehead atoms. The van der Waals surface area contributed by atoms with Crippen molar-refractivity contribution in [1.82, 2.24) is 4.90 Å². The Kier molecular flexibility index (Phi) is 7.57. The highest BCUT2D eigenvalue weighted by atomic mass is 35.5. The van der Waals surface area contributed by atoms with Gasteiger partial charge < -0.3 is 16.0 Å². The number of benzene rings is 2. The van der Waals surface area contributed by atoms with E-state index in [4.69, 9.17) is 5.73 Å². The van der Waals surface area contributed by atoms with Gasteiger partial charge in [0.15, 0.2) is 0 Å². The molecule has 1 aliphatic heterocycles. The van der Waals surface area contributed by atoms with Gasteiger partial charge in [-0.2, -0.15) is 0 Å². The van der Waals surface area contributed by atoms with E-state index in [0.29, 0.717) is 31.3 Å². The molecule has 0 aliphatic carbocycles. The SMILES string of the molecule is Cl.NC[C@@H]1CN(CCC(=O)Nc2ccccc2F)C[C@H]1c1ccccc1. The van der Waals surface area contributed by atoms with Crippen LogP contribution in [0.5, 0.6) is 0 Å². The third kappa shape index (κ3) is 5.04. The second-order valence-electron chi connectivity index (χ2n) is 6.55. The summed E-state index contributed by atoms with van der Waals surface area (Å²) >= 11 is 0. The van der Waals surface area contributed by atoms with Crippen LogP contribution in [0.25, 0.3) is 0 Å². The number of para-hydroxylation sites is 1. The highest BCUT2D eigenvalue weighted by Gasteiger charge is 2.32. The number of hydrogen-bond acceptors (Lipinski definition) is 3. The quantitative estimate of drug-likeness (QED) is 0.812. The molecule has 0 saturated carbocycles. The zero-order valence-corrected chi connectivity index (χ0v) is 15.4. The molecule has 140 valence electrons. The van der Waals surface area contributed by atoms with Crippen LogP contribution in [0.2, 0.25) is 0 Å². The average molecular weight is 378 g/mol. The van der Waals surface area contributed by atoms with Gasteiger partial charge in [0.1, 0.15) is 5.82 Å². The molecule has 0 spiro atoms. The first-order valence-electron chi connectivity index (χ1n) is 8.69. The van der Waals surface area contributed by atoms with Crippen LogP contribution in [0.1, 0.15) is 17.9 Å². The van der Waals surface area contributed by atoms with Crippen molar-refractivity contribution < 1.29 is 9.18 Å². The molecule has 0 radical (unpaired) electrons. The molecule has 2 aromatic rings. The Morgan fingerprint density at radius 2 is 1.81 bits per heavy atom. The predicted molar refractivity (Wildman–Crippen MR) is 105 cm³/mol. The Balaban J connectivity index is 0.00000243. The highest BCUT2D eigenvalue weighted by molar-refractivity contribution is 5.90. The summed E-state index contributed by atoms with van der Waals surface area (Å²) in [5.41, 5.74) is 7.49. The van der Waals surface area contributed by atoms with Gasteiger partial charge in [-0.3, -0.25) is 4.79 Å². The minimum Gasteiger partial charge on any atom is -0.330 e. The molecule has 3 N–H and O–H groups in total. The monoisotopic (exact) mass is 377 g/mol. The lowest BCUT2D eigenvalue weighted by Gasteiger charge is -2.16. The van der Waals surface area contributed by atoms with Gasteiger partial charge >= 0.3 is 0 Å². The highest BCUT2D eigenvalue weighted by Crippen LogP contribution is 2.31. The molecule has 3 rings (SSSR count). The second-order valence-corrected chi connectivity index (χ2v) is 6.55. The van der Waals surface area contributed by atoms with E-state index < -0.39 is 5.82 Å². The maximum Gasteiger partial charge on any atom is 0.225 e. The summed E-state index contributed by atoms with van der Waals surface area (Å²) in [6, 6.07) is 16.6. The smallest absolute Gasteiger partial charge is 0.225 e. The van der Waals surface area contributed by atoms with Crippen LogP contribution < -0.4 is 11.1 Å². The zero-order valence-electron chi connectivity index (χ0n) is 14.6. The van der Waals surface area contributed by atoms with Crippen LogP contribution >= 0.6 is 12.4 Å². The lowest BCUT2D eigenvalue weighted by molar-refractivity contribution is -0.116. The van der Waals surface area contributed by atoms with Crippen LogP contribution in [0.3, 0.4) is 0 Å². The van der Waals surface area contributed by atoms with Crippen molar-refractivity contribution in [3.05, 3.63) is 66.0 Å². The molecular weight excluding hydrogens is 353 g/mol. The molecule has 6 heteroatoms. The van der Waals surface area contributed by atoms with Gasteiger partial charge in [-0.05, 0) is 30.2 Å². The van der Waals surface area contributed by atoms with Crippen molar-refractivity contribution in [3.8, 4) is 0 Å². The summed E-state index contributed by atoms with van der Waals surface area (Å²) in [4.78, 5) is 14.4. The summed E-state index contributed by atoms with van der Waals surface area (Å²) in [6.07, 6.45) is 0.340. The Morgan fingerprint density at radius 3 is 2.50 bits per heavy atom. The largest absolute Gasteiger partial charge is 0.330 e. The first-order chi connectivity index (χ1) is 12.2. The Morgan fingerprint density at radius 1 is 1.12 bits per heavy atom. The number of carbonyl (C=O) groups is 1. The number of halogens is 2. The number of carbonyl (C=O) groups excluding carboxylic acids is 1. The van der Waals surface area contributed by atoms with Crippen LogP contribution in [0.15, 0.2) is 54.6 Å². The first kappa shape index (κ1) is 20.4. The third-order valence-corrected chi connectivity index (χ3v) is 4.85. The number of likely N-dealkylation sites (tertiary alicyclic amines) is 1. The average Bonchev–Trinajstić information content (AvgIpc) is 3.06. The van der Waals surface area contributed by atoms with Crippen LogP contribution in [0, 0.1) is 11.7 Å². The summed E-state index contributed by atoms with van der Waals surface area (Å²) < 4.78 is 13.6. The van der Waals surface area contributed by atoms with Gasteiger partial charge in [0.2, 0.25) is 5.91 Å². The maximum atomic E-state index is 13.6. The van der Waals surface area contributed by atoms with Gasteiger partial charge in [-0.1, -0.05) is 42.5 Å². The molecule has 2 atom stereocenters. The number of rotatable bonds is 6. The Hall–Kier alpha value is -1.95. The fourth-order valence-electron chi connectivity index (χ4n) is 3.49. The topological polar surface area (TPSA) is 58.4 Å². The lowest BCUT2D eigenvalue weighted by atomic mass is 9.89. The van der Waals surface area contributed by atoms with Gasteiger partial charge in [-0.15, -0.1) is 12.4 Å². The van der Waals surface area contributed by atoms with Gasteiger partial charge in [0, 0.05) is 32.0 Å². The summed E-state index contributed by atoms with van der Waals surface area (Å²) in [7, 11) is 0. The summed E-state index contributed by atoms with van der Waals surface area (Å²) in [6.45, 7) is 3.08.